The van der Waals surface area contributed by atoms with E-state index in [9.17, 15) is 4.79 Å². The third-order valence-corrected chi connectivity index (χ3v) is 4.01. The van der Waals surface area contributed by atoms with Crippen LogP contribution in [-0.4, -0.2) is 15.3 Å². The third kappa shape index (κ3) is 2.82. The zero-order valence-electron chi connectivity index (χ0n) is 11.7. The van der Waals surface area contributed by atoms with Gasteiger partial charge in [-0.2, -0.15) is 0 Å². The highest BCUT2D eigenvalue weighted by Crippen LogP contribution is 2.20. The summed E-state index contributed by atoms with van der Waals surface area (Å²) in [6, 6.07) is 9.55. The Labute approximate surface area is 119 Å². The number of ketones is 1. The number of carbonyl (C=O) groups excluding carboxylic acids is 1. The van der Waals surface area contributed by atoms with Crippen LogP contribution in [0.15, 0.2) is 36.7 Å². The number of nitrogens with zero attached hydrogens (tertiary/aromatic N) is 2. The molecule has 0 N–H and O–H groups in total. The van der Waals surface area contributed by atoms with Crippen molar-refractivity contribution in [2.75, 3.05) is 0 Å². The maximum atomic E-state index is 12.0. The second kappa shape index (κ2) is 6.04. The number of rotatable bonds is 5. The number of fused-ring (bicyclic) bond motifs is 1. The molecule has 0 fully saturated rings. The number of hydrogen-bond donors (Lipinski definition) is 0. The van der Waals surface area contributed by atoms with E-state index in [2.05, 4.69) is 9.55 Å². The summed E-state index contributed by atoms with van der Waals surface area (Å²) in [5.41, 5.74) is 3.48. The van der Waals surface area contributed by atoms with Gasteiger partial charge in [0, 0.05) is 24.2 Å². The molecule has 0 aliphatic heterocycles. The molecule has 0 unspecified atom stereocenters. The van der Waals surface area contributed by atoms with Crippen LogP contribution in [0.5, 0.6) is 0 Å². The van der Waals surface area contributed by atoms with E-state index in [1.54, 1.807) is 0 Å². The van der Waals surface area contributed by atoms with Gasteiger partial charge in [0.2, 0.25) is 0 Å². The fourth-order valence-electron chi connectivity index (χ4n) is 2.90. The van der Waals surface area contributed by atoms with Crippen LogP contribution in [0.25, 0.3) is 0 Å². The van der Waals surface area contributed by atoms with Crippen molar-refractivity contribution >= 4 is 5.78 Å². The molecule has 0 bridgehead atoms. The summed E-state index contributed by atoms with van der Waals surface area (Å²) >= 11 is 0. The maximum absolute atomic E-state index is 12.0. The lowest BCUT2D eigenvalue weighted by molar-refractivity contribution is 0.0978. The molecule has 0 saturated carbocycles. The lowest BCUT2D eigenvalue weighted by Gasteiger charge is -2.13. The zero-order chi connectivity index (χ0) is 13.8. The summed E-state index contributed by atoms with van der Waals surface area (Å²) in [4.78, 5) is 16.5. The van der Waals surface area contributed by atoms with Gasteiger partial charge >= 0.3 is 0 Å². The largest absolute Gasteiger partial charge is 0.334 e. The van der Waals surface area contributed by atoms with E-state index in [1.807, 2.05) is 36.7 Å². The van der Waals surface area contributed by atoms with E-state index in [1.165, 1.54) is 24.2 Å². The molecule has 2 aromatic rings. The lowest BCUT2D eigenvalue weighted by atomic mass is 10.0. The smallest absolute Gasteiger partial charge is 0.162 e. The van der Waals surface area contributed by atoms with Crippen molar-refractivity contribution in [1.29, 1.82) is 0 Å². The number of benzene rings is 1. The van der Waals surface area contributed by atoms with Crippen molar-refractivity contribution in [3.05, 3.63) is 53.6 Å². The first-order chi connectivity index (χ1) is 9.84. The predicted molar refractivity (Wildman–Crippen MR) is 78.9 cm³/mol. The van der Waals surface area contributed by atoms with Crippen LogP contribution in [0, 0.1) is 0 Å². The van der Waals surface area contributed by atoms with E-state index in [0.29, 0.717) is 6.42 Å². The topological polar surface area (TPSA) is 34.9 Å². The first kappa shape index (κ1) is 13.1. The van der Waals surface area contributed by atoms with Gasteiger partial charge in [0.05, 0.1) is 12.0 Å². The summed E-state index contributed by atoms with van der Waals surface area (Å²) in [5.74, 6) is 0.236. The zero-order valence-corrected chi connectivity index (χ0v) is 11.7. The van der Waals surface area contributed by atoms with Crippen molar-refractivity contribution in [3.8, 4) is 0 Å². The van der Waals surface area contributed by atoms with Crippen LogP contribution < -0.4 is 0 Å². The van der Waals surface area contributed by atoms with E-state index >= 15 is 0 Å². The standard InChI is InChI=1S/C17H20N2O/c20-17(14-7-2-1-3-8-14)11-6-12-19-13-18-15-9-4-5-10-16(15)19/h1-3,7-8,13H,4-6,9-12H2. The molecule has 3 heteroatoms. The average molecular weight is 268 g/mol. The summed E-state index contributed by atoms with van der Waals surface area (Å²) in [5, 5.41) is 0. The molecule has 1 aliphatic carbocycles. The number of hydrogen-bond acceptors (Lipinski definition) is 2. The summed E-state index contributed by atoms with van der Waals surface area (Å²) in [7, 11) is 0. The molecule has 0 radical (unpaired) electrons. The van der Waals surface area contributed by atoms with Crippen LogP contribution >= 0.6 is 0 Å². The highest BCUT2D eigenvalue weighted by atomic mass is 16.1. The van der Waals surface area contributed by atoms with Crippen LogP contribution in [0.3, 0.4) is 0 Å². The Hall–Kier alpha value is -1.90. The Morgan fingerprint density at radius 1 is 1.15 bits per heavy atom. The molecule has 104 valence electrons. The molecule has 1 heterocycles. The molecule has 1 aromatic carbocycles. The van der Waals surface area contributed by atoms with Gasteiger partial charge in [-0.3, -0.25) is 4.79 Å². The molecule has 1 aromatic heterocycles. The van der Waals surface area contributed by atoms with E-state index in [-0.39, 0.29) is 5.78 Å². The van der Waals surface area contributed by atoms with Gasteiger partial charge < -0.3 is 4.57 Å². The Bertz CT molecular complexity index is 586. The van der Waals surface area contributed by atoms with E-state index < -0.39 is 0 Å². The van der Waals surface area contributed by atoms with Crippen LogP contribution in [0.4, 0.5) is 0 Å². The third-order valence-electron chi connectivity index (χ3n) is 4.01. The van der Waals surface area contributed by atoms with Gasteiger partial charge in [-0.15, -0.1) is 0 Å². The van der Waals surface area contributed by atoms with Crippen LogP contribution in [0.1, 0.15) is 47.4 Å². The highest BCUT2D eigenvalue weighted by Gasteiger charge is 2.15. The first-order valence-corrected chi connectivity index (χ1v) is 7.46. The number of carbonyl (C=O) groups is 1. The Balaban J connectivity index is 1.55. The minimum absolute atomic E-state index is 0.236. The summed E-state index contributed by atoms with van der Waals surface area (Å²) < 4.78 is 2.24. The molecule has 0 spiro atoms. The van der Waals surface area contributed by atoms with Gasteiger partial charge in [-0.25, -0.2) is 4.98 Å². The number of imidazole rings is 1. The van der Waals surface area contributed by atoms with Crippen molar-refractivity contribution in [1.82, 2.24) is 9.55 Å². The van der Waals surface area contributed by atoms with Gasteiger partial charge in [-0.1, -0.05) is 30.3 Å². The Kier molecular flexibility index (Phi) is 3.95. The molecule has 0 amide bonds. The molecule has 0 saturated heterocycles. The Morgan fingerprint density at radius 3 is 2.80 bits per heavy atom. The highest BCUT2D eigenvalue weighted by molar-refractivity contribution is 5.95. The minimum Gasteiger partial charge on any atom is -0.334 e. The fourth-order valence-corrected chi connectivity index (χ4v) is 2.90. The van der Waals surface area contributed by atoms with Gasteiger partial charge in [-0.05, 0) is 32.1 Å². The molecular weight excluding hydrogens is 248 g/mol. The second-order valence-corrected chi connectivity index (χ2v) is 5.43. The summed E-state index contributed by atoms with van der Waals surface area (Å²) in [6.07, 6.45) is 8.22. The minimum atomic E-state index is 0.236. The van der Waals surface area contributed by atoms with Crippen molar-refractivity contribution in [2.45, 2.75) is 45.1 Å². The number of aromatic nitrogens is 2. The SMILES string of the molecule is O=C(CCCn1cnc2c1CCCC2)c1ccccc1. The van der Waals surface area contributed by atoms with Gasteiger partial charge in [0.1, 0.15) is 0 Å². The normalized spacial score (nSPS) is 14.0. The van der Waals surface area contributed by atoms with Crippen molar-refractivity contribution in [2.24, 2.45) is 0 Å². The fraction of sp³-hybridized carbons (Fsp3) is 0.412. The van der Waals surface area contributed by atoms with E-state index in [4.69, 9.17) is 0 Å². The monoisotopic (exact) mass is 268 g/mol. The molecule has 3 rings (SSSR count). The second-order valence-electron chi connectivity index (χ2n) is 5.43. The van der Waals surface area contributed by atoms with Crippen LogP contribution in [-0.2, 0) is 19.4 Å². The summed E-state index contributed by atoms with van der Waals surface area (Å²) in [6.45, 7) is 0.904. The predicted octanol–water partition coefficient (Wildman–Crippen LogP) is 3.43. The molecule has 0 atom stereocenters. The lowest BCUT2D eigenvalue weighted by Crippen LogP contribution is -2.09. The first-order valence-electron chi connectivity index (χ1n) is 7.46. The number of aryl methyl sites for hydroxylation is 2. The average Bonchev–Trinajstić information content (AvgIpc) is 2.92. The van der Waals surface area contributed by atoms with E-state index in [0.717, 1.165) is 31.4 Å². The molecule has 20 heavy (non-hydrogen) atoms. The maximum Gasteiger partial charge on any atom is 0.162 e. The molecule has 1 aliphatic rings. The van der Waals surface area contributed by atoms with Gasteiger partial charge in [0.15, 0.2) is 5.78 Å². The Morgan fingerprint density at radius 2 is 1.95 bits per heavy atom. The van der Waals surface area contributed by atoms with Crippen molar-refractivity contribution < 1.29 is 4.79 Å². The van der Waals surface area contributed by atoms with Gasteiger partial charge in [0.25, 0.3) is 0 Å². The van der Waals surface area contributed by atoms with Crippen molar-refractivity contribution in [3.63, 3.8) is 0 Å². The molecular formula is C17H20N2O. The molecule has 3 nitrogen and oxygen atoms in total. The van der Waals surface area contributed by atoms with Crippen LogP contribution in [0.2, 0.25) is 0 Å². The quantitative estimate of drug-likeness (QED) is 0.779. The number of Topliss-reactive ketones (excluding diaryl/α,β-unsaturated/α-hetero) is 1.